The summed E-state index contributed by atoms with van der Waals surface area (Å²) in [6, 6.07) is 12.6. The van der Waals surface area contributed by atoms with E-state index in [9.17, 15) is 0 Å². The third kappa shape index (κ3) is 4.50. The van der Waals surface area contributed by atoms with Crippen molar-refractivity contribution in [2.75, 3.05) is 26.4 Å². The predicted octanol–water partition coefficient (Wildman–Crippen LogP) is 3.43. The monoisotopic (exact) mass is 371 g/mol. The second-order valence-electron chi connectivity index (χ2n) is 6.49. The summed E-state index contributed by atoms with van der Waals surface area (Å²) in [6.45, 7) is 0.639. The number of nitrogen functional groups attached to an aromatic ring is 2. The Morgan fingerprint density at radius 2 is 1.89 bits per heavy atom. The van der Waals surface area contributed by atoms with Gasteiger partial charge in [-0.2, -0.15) is 5.11 Å². The van der Waals surface area contributed by atoms with Gasteiger partial charge in [-0.3, -0.25) is 10.3 Å². The van der Waals surface area contributed by atoms with E-state index < -0.39 is 0 Å². The van der Waals surface area contributed by atoms with E-state index >= 15 is 0 Å². The first-order valence-electron chi connectivity index (χ1n) is 8.62. The van der Waals surface area contributed by atoms with Gasteiger partial charge >= 0.3 is 0 Å². The molecule has 0 unspecified atom stereocenters. The van der Waals surface area contributed by atoms with Crippen LogP contribution in [0.5, 0.6) is 0 Å². The lowest BCUT2D eigenvalue weighted by Gasteiger charge is -2.06. The average molecular weight is 371 g/mol. The van der Waals surface area contributed by atoms with Crippen molar-refractivity contribution < 1.29 is 0 Å². The van der Waals surface area contributed by atoms with Crippen molar-refractivity contribution in [3.63, 3.8) is 0 Å². The molecular weight excluding hydrogens is 350 g/mol. The number of hydrogen-bond donors (Lipinski definition) is 3. The lowest BCUT2D eigenvalue weighted by atomic mass is 10.1. The Morgan fingerprint density at radius 3 is 2.57 bits per heavy atom. The molecule has 7 heteroatoms. The van der Waals surface area contributed by atoms with E-state index in [4.69, 9.17) is 16.9 Å². The van der Waals surface area contributed by atoms with Crippen LogP contribution in [0.2, 0.25) is 0 Å². The zero-order valence-electron chi connectivity index (χ0n) is 15.8. The summed E-state index contributed by atoms with van der Waals surface area (Å²) < 4.78 is 0. The van der Waals surface area contributed by atoms with Crippen LogP contribution in [0.4, 0.5) is 17.2 Å². The van der Waals surface area contributed by atoms with Crippen molar-refractivity contribution in [1.29, 1.82) is 5.41 Å². The van der Waals surface area contributed by atoms with Gasteiger partial charge < -0.3 is 11.5 Å². The summed E-state index contributed by atoms with van der Waals surface area (Å²) in [6.07, 6.45) is 1.71. The number of aromatic nitrogens is 1. The summed E-state index contributed by atoms with van der Waals surface area (Å²) in [5.41, 5.74) is 14.1. The zero-order chi connectivity index (χ0) is 20.1. The molecule has 0 spiro atoms. The Kier molecular flexibility index (Phi) is 5.63. The number of nitrogens with one attached hydrogen (secondary N) is 1. The molecular formula is C21H21N7. The van der Waals surface area contributed by atoms with E-state index in [-0.39, 0.29) is 5.84 Å². The topological polar surface area (TPSA) is 117 Å². The molecule has 3 aromatic rings. The van der Waals surface area contributed by atoms with Gasteiger partial charge in [-0.05, 0) is 50.5 Å². The van der Waals surface area contributed by atoms with Gasteiger partial charge in [-0.1, -0.05) is 17.9 Å². The van der Waals surface area contributed by atoms with Crippen LogP contribution in [0.3, 0.4) is 0 Å². The highest BCUT2D eigenvalue weighted by molar-refractivity contribution is 5.96. The number of pyridine rings is 1. The maximum Gasteiger partial charge on any atom is 0.123 e. The number of fused-ring (bicyclic) bond motifs is 1. The minimum absolute atomic E-state index is 0.0129. The van der Waals surface area contributed by atoms with E-state index in [0.717, 1.165) is 16.3 Å². The van der Waals surface area contributed by atoms with Gasteiger partial charge in [0.15, 0.2) is 0 Å². The SMILES string of the molecule is CN(C)CC#Cc1ccc2cnc(N)cc2c1/N=N/c1ccc(C(=N)N)cc1. The highest BCUT2D eigenvalue weighted by atomic mass is 15.1. The Bertz CT molecular complexity index is 1100. The number of rotatable bonds is 4. The highest BCUT2D eigenvalue weighted by Crippen LogP contribution is 2.32. The Balaban J connectivity index is 2.06. The molecule has 0 radical (unpaired) electrons. The van der Waals surface area contributed by atoms with Crippen molar-refractivity contribution in [1.82, 2.24) is 9.88 Å². The number of nitrogens with two attached hydrogens (primary N) is 2. The molecule has 3 rings (SSSR count). The van der Waals surface area contributed by atoms with Crippen LogP contribution in [0, 0.1) is 17.3 Å². The second kappa shape index (κ2) is 8.29. The first-order chi connectivity index (χ1) is 13.4. The number of hydrogen-bond acceptors (Lipinski definition) is 6. The van der Waals surface area contributed by atoms with E-state index in [1.54, 1.807) is 36.5 Å². The molecule has 0 bridgehead atoms. The first-order valence-corrected chi connectivity index (χ1v) is 8.62. The lowest BCUT2D eigenvalue weighted by Crippen LogP contribution is -2.10. The predicted molar refractivity (Wildman–Crippen MR) is 113 cm³/mol. The third-order valence-corrected chi connectivity index (χ3v) is 3.96. The van der Waals surface area contributed by atoms with Crippen LogP contribution in [0.1, 0.15) is 11.1 Å². The van der Waals surface area contributed by atoms with E-state index in [1.165, 1.54) is 0 Å². The van der Waals surface area contributed by atoms with Crippen LogP contribution >= 0.6 is 0 Å². The van der Waals surface area contributed by atoms with Crippen molar-refractivity contribution in [2.45, 2.75) is 0 Å². The van der Waals surface area contributed by atoms with Gasteiger partial charge in [0.1, 0.15) is 17.3 Å². The van der Waals surface area contributed by atoms with Gasteiger partial charge in [-0.25, -0.2) is 4.98 Å². The molecule has 1 heterocycles. The molecule has 7 nitrogen and oxygen atoms in total. The summed E-state index contributed by atoms with van der Waals surface area (Å²) in [5, 5.41) is 18.0. The fraction of sp³-hybridized carbons (Fsp3) is 0.143. The van der Waals surface area contributed by atoms with Crippen LogP contribution in [-0.4, -0.2) is 36.4 Å². The quantitative estimate of drug-likeness (QED) is 0.282. The first kappa shape index (κ1) is 19.0. The van der Waals surface area contributed by atoms with Crippen LogP contribution in [0.15, 0.2) is 58.9 Å². The lowest BCUT2D eigenvalue weighted by molar-refractivity contribution is 0.464. The number of nitrogens with zero attached hydrogens (tertiary/aromatic N) is 4. The molecule has 2 aromatic carbocycles. The average Bonchev–Trinajstić information content (AvgIpc) is 2.67. The van der Waals surface area contributed by atoms with Gasteiger partial charge in [0.2, 0.25) is 0 Å². The van der Waals surface area contributed by atoms with Crippen molar-refractivity contribution >= 4 is 33.8 Å². The van der Waals surface area contributed by atoms with Crippen LogP contribution in [-0.2, 0) is 0 Å². The van der Waals surface area contributed by atoms with Crippen LogP contribution in [0.25, 0.3) is 10.8 Å². The third-order valence-electron chi connectivity index (χ3n) is 3.96. The van der Waals surface area contributed by atoms with E-state index in [2.05, 4.69) is 27.1 Å². The molecule has 140 valence electrons. The molecule has 0 aliphatic carbocycles. The Morgan fingerprint density at radius 1 is 1.14 bits per heavy atom. The maximum absolute atomic E-state index is 7.46. The van der Waals surface area contributed by atoms with Gasteiger partial charge in [-0.15, -0.1) is 5.11 Å². The minimum Gasteiger partial charge on any atom is -0.384 e. The molecule has 0 fully saturated rings. The molecule has 5 N–H and O–H groups in total. The van der Waals surface area contributed by atoms with E-state index in [1.807, 2.05) is 31.1 Å². The maximum atomic E-state index is 7.46. The second-order valence-corrected chi connectivity index (χ2v) is 6.49. The summed E-state index contributed by atoms with van der Waals surface area (Å²) in [5.74, 6) is 6.72. The molecule has 0 atom stereocenters. The van der Waals surface area contributed by atoms with Crippen molar-refractivity contribution in [3.8, 4) is 11.8 Å². The normalized spacial score (nSPS) is 11.0. The number of anilines is 1. The molecule has 0 saturated carbocycles. The smallest absolute Gasteiger partial charge is 0.123 e. The van der Waals surface area contributed by atoms with Crippen molar-refractivity contribution in [2.24, 2.45) is 16.0 Å². The standard InChI is InChI=1S/C21H21N7/c1-28(2)11-3-4-14-5-6-16-13-25-19(22)12-18(16)20(14)27-26-17-9-7-15(8-10-17)21(23)24/h5-10,12-13H,11H2,1-2H3,(H2,22,25)(H3,23,24)/b27-26+. The van der Waals surface area contributed by atoms with Crippen molar-refractivity contribution in [3.05, 3.63) is 59.8 Å². The number of azo groups is 1. The van der Waals surface area contributed by atoms with Gasteiger partial charge in [0.25, 0.3) is 0 Å². The number of benzene rings is 2. The highest BCUT2D eigenvalue weighted by Gasteiger charge is 2.07. The Labute approximate surface area is 163 Å². The summed E-state index contributed by atoms with van der Waals surface area (Å²) in [4.78, 5) is 6.13. The molecule has 28 heavy (non-hydrogen) atoms. The minimum atomic E-state index is 0.0129. The Hall–Kier alpha value is -3.76. The fourth-order valence-corrected chi connectivity index (χ4v) is 2.53. The van der Waals surface area contributed by atoms with E-state index in [0.29, 0.717) is 29.3 Å². The number of amidine groups is 1. The van der Waals surface area contributed by atoms with Gasteiger partial charge in [0.05, 0.1) is 17.8 Å². The molecule has 0 saturated heterocycles. The molecule has 1 aromatic heterocycles. The summed E-state index contributed by atoms with van der Waals surface area (Å²) >= 11 is 0. The molecule has 0 amide bonds. The largest absolute Gasteiger partial charge is 0.384 e. The molecule has 0 aliphatic heterocycles. The fourth-order valence-electron chi connectivity index (χ4n) is 2.53. The summed E-state index contributed by atoms with van der Waals surface area (Å²) in [7, 11) is 3.93. The zero-order valence-corrected chi connectivity index (χ0v) is 15.8. The molecule has 0 aliphatic rings. The van der Waals surface area contributed by atoms with Gasteiger partial charge in [0, 0.05) is 22.5 Å². The van der Waals surface area contributed by atoms with Crippen LogP contribution < -0.4 is 11.5 Å².